The predicted octanol–water partition coefficient (Wildman–Crippen LogP) is 2.84. The Bertz CT molecular complexity index is 184. The quantitative estimate of drug-likeness (QED) is 0.553. The van der Waals surface area contributed by atoms with Gasteiger partial charge in [-0.15, -0.1) is 0 Å². The molecule has 1 rings (SSSR count). The monoisotopic (exact) mass is 169 g/mol. The second kappa shape index (κ2) is 3.46. The largest absolute Gasteiger partial charge is 0.399 e. The summed E-state index contributed by atoms with van der Waals surface area (Å²) in [6, 6.07) is 0. The molecule has 0 bridgehead atoms. The van der Waals surface area contributed by atoms with E-state index in [2.05, 4.69) is 25.9 Å². The minimum Gasteiger partial charge on any atom is -0.399 e. The van der Waals surface area contributed by atoms with Gasteiger partial charge in [0.2, 0.25) is 0 Å². The Kier molecular flexibility index (Phi) is 2.76. The van der Waals surface area contributed by atoms with Gasteiger partial charge in [0.25, 0.3) is 0 Å². The van der Waals surface area contributed by atoms with Crippen LogP contribution in [0, 0.1) is 11.3 Å². The standard InChI is InChI=1S/C10H19NO/c1-8-5-9(11-12-4)7-10(2,3)6-8/h8H,5-7H2,1-4H3. The number of hydrogen-bond acceptors (Lipinski definition) is 2. The number of hydrogen-bond donors (Lipinski definition) is 0. The zero-order valence-corrected chi connectivity index (χ0v) is 8.55. The summed E-state index contributed by atoms with van der Waals surface area (Å²) in [5.41, 5.74) is 1.64. The predicted molar refractivity (Wildman–Crippen MR) is 51.2 cm³/mol. The van der Waals surface area contributed by atoms with Crippen LogP contribution < -0.4 is 0 Å². The van der Waals surface area contributed by atoms with Crippen molar-refractivity contribution in [2.24, 2.45) is 16.5 Å². The molecule has 1 aliphatic rings. The molecule has 0 amide bonds. The van der Waals surface area contributed by atoms with E-state index in [0.717, 1.165) is 18.8 Å². The van der Waals surface area contributed by atoms with E-state index in [4.69, 9.17) is 4.84 Å². The average molecular weight is 169 g/mol. The molecule has 70 valence electrons. The second-order valence-corrected chi connectivity index (χ2v) is 4.69. The Balaban J connectivity index is 2.64. The van der Waals surface area contributed by atoms with Crippen LogP contribution >= 0.6 is 0 Å². The van der Waals surface area contributed by atoms with Crippen molar-refractivity contribution in [1.82, 2.24) is 0 Å². The number of oxime groups is 1. The molecule has 1 aliphatic carbocycles. The molecule has 0 saturated heterocycles. The molecule has 1 atom stereocenters. The Morgan fingerprint density at radius 2 is 2.17 bits per heavy atom. The van der Waals surface area contributed by atoms with Crippen molar-refractivity contribution in [3.63, 3.8) is 0 Å². The topological polar surface area (TPSA) is 21.6 Å². The molecule has 2 heteroatoms. The van der Waals surface area contributed by atoms with Gasteiger partial charge in [0.1, 0.15) is 7.11 Å². The SMILES string of the molecule is CON=C1CC(C)CC(C)(C)C1. The van der Waals surface area contributed by atoms with Crippen molar-refractivity contribution in [2.45, 2.75) is 40.0 Å². The molecule has 0 aromatic rings. The second-order valence-electron chi connectivity index (χ2n) is 4.69. The average Bonchev–Trinajstić information content (AvgIpc) is 1.82. The molecule has 0 heterocycles. The highest BCUT2D eigenvalue weighted by Crippen LogP contribution is 2.36. The summed E-state index contributed by atoms with van der Waals surface area (Å²) >= 11 is 0. The summed E-state index contributed by atoms with van der Waals surface area (Å²) in [6.07, 6.45) is 3.50. The normalized spacial score (nSPS) is 32.0. The number of nitrogens with zero attached hydrogens (tertiary/aromatic N) is 1. The van der Waals surface area contributed by atoms with E-state index in [1.807, 2.05) is 0 Å². The molecule has 2 nitrogen and oxygen atoms in total. The lowest BCUT2D eigenvalue weighted by molar-refractivity contribution is 0.199. The van der Waals surface area contributed by atoms with Crippen LogP contribution in [0.1, 0.15) is 40.0 Å². The zero-order chi connectivity index (χ0) is 9.19. The molecule has 12 heavy (non-hydrogen) atoms. The Morgan fingerprint density at radius 3 is 2.67 bits per heavy atom. The lowest BCUT2D eigenvalue weighted by atomic mass is 9.72. The van der Waals surface area contributed by atoms with Crippen LogP contribution in [0.25, 0.3) is 0 Å². The van der Waals surface area contributed by atoms with Crippen molar-refractivity contribution < 1.29 is 4.84 Å². The van der Waals surface area contributed by atoms with Gasteiger partial charge in [-0.25, -0.2) is 0 Å². The summed E-state index contributed by atoms with van der Waals surface area (Å²) in [7, 11) is 1.62. The maximum absolute atomic E-state index is 4.81. The smallest absolute Gasteiger partial charge is 0.106 e. The highest BCUT2D eigenvalue weighted by molar-refractivity contribution is 5.85. The molecule has 0 spiro atoms. The molecule has 0 aliphatic heterocycles. The van der Waals surface area contributed by atoms with E-state index in [1.165, 1.54) is 12.1 Å². The van der Waals surface area contributed by atoms with Gasteiger partial charge in [-0.05, 0) is 30.6 Å². The lowest BCUT2D eigenvalue weighted by Gasteiger charge is -2.33. The Labute approximate surface area is 75.0 Å². The maximum atomic E-state index is 4.81. The van der Waals surface area contributed by atoms with Crippen LogP contribution in [0.3, 0.4) is 0 Å². The van der Waals surface area contributed by atoms with Gasteiger partial charge in [0.05, 0.1) is 5.71 Å². The Hall–Kier alpha value is -0.530. The van der Waals surface area contributed by atoms with Crippen LogP contribution in [0.15, 0.2) is 5.16 Å². The van der Waals surface area contributed by atoms with Crippen LogP contribution in [-0.2, 0) is 4.84 Å². The molecular formula is C10H19NO. The molecular weight excluding hydrogens is 150 g/mol. The lowest BCUT2D eigenvalue weighted by Crippen LogP contribution is -2.27. The fourth-order valence-corrected chi connectivity index (χ4v) is 2.31. The molecule has 1 fully saturated rings. The third kappa shape index (κ3) is 2.50. The van der Waals surface area contributed by atoms with E-state index in [1.54, 1.807) is 7.11 Å². The van der Waals surface area contributed by atoms with Crippen LogP contribution in [0.4, 0.5) is 0 Å². The van der Waals surface area contributed by atoms with Crippen molar-refractivity contribution in [1.29, 1.82) is 0 Å². The summed E-state index contributed by atoms with van der Waals surface area (Å²) in [4.78, 5) is 4.81. The van der Waals surface area contributed by atoms with E-state index in [0.29, 0.717) is 5.41 Å². The first-order chi connectivity index (χ1) is 5.53. The summed E-state index contributed by atoms with van der Waals surface area (Å²) in [5, 5.41) is 4.05. The molecule has 0 aromatic heterocycles. The molecule has 0 aromatic carbocycles. The third-order valence-corrected chi connectivity index (χ3v) is 2.39. The van der Waals surface area contributed by atoms with Gasteiger partial charge in [0.15, 0.2) is 0 Å². The van der Waals surface area contributed by atoms with Gasteiger partial charge in [-0.2, -0.15) is 0 Å². The fourth-order valence-electron chi connectivity index (χ4n) is 2.31. The van der Waals surface area contributed by atoms with Gasteiger partial charge >= 0.3 is 0 Å². The van der Waals surface area contributed by atoms with Gasteiger partial charge in [0, 0.05) is 0 Å². The van der Waals surface area contributed by atoms with Crippen LogP contribution in [0.5, 0.6) is 0 Å². The third-order valence-electron chi connectivity index (χ3n) is 2.39. The van der Waals surface area contributed by atoms with E-state index in [-0.39, 0.29) is 0 Å². The molecule has 0 radical (unpaired) electrons. The molecule has 1 saturated carbocycles. The maximum Gasteiger partial charge on any atom is 0.106 e. The van der Waals surface area contributed by atoms with Crippen molar-refractivity contribution in [2.75, 3.05) is 7.11 Å². The van der Waals surface area contributed by atoms with E-state index >= 15 is 0 Å². The Morgan fingerprint density at radius 1 is 1.50 bits per heavy atom. The molecule has 1 unspecified atom stereocenters. The summed E-state index contributed by atoms with van der Waals surface area (Å²) in [6.45, 7) is 6.88. The first kappa shape index (κ1) is 9.56. The van der Waals surface area contributed by atoms with Crippen molar-refractivity contribution in [3.8, 4) is 0 Å². The van der Waals surface area contributed by atoms with E-state index in [9.17, 15) is 0 Å². The summed E-state index contributed by atoms with van der Waals surface area (Å²) < 4.78 is 0. The van der Waals surface area contributed by atoms with Gasteiger partial charge in [-0.3, -0.25) is 0 Å². The zero-order valence-electron chi connectivity index (χ0n) is 8.55. The highest BCUT2D eigenvalue weighted by atomic mass is 16.6. The van der Waals surface area contributed by atoms with Gasteiger partial charge in [-0.1, -0.05) is 25.9 Å². The highest BCUT2D eigenvalue weighted by Gasteiger charge is 2.29. The van der Waals surface area contributed by atoms with E-state index < -0.39 is 0 Å². The first-order valence-electron chi connectivity index (χ1n) is 4.62. The van der Waals surface area contributed by atoms with Gasteiger partial charge < -0.3 is 4.84 Å². The first-order valence-corrected chi connectivity index (χ1v) is 4.62. The minimum atomic E-state index is 0.412. The van der Waals surface area contributed by atoms with Crippen molar-refractivity contribution in [3.05, 3.63) is 0 Å². The van der Waals surface area contributed by atoms with Crippen LogP contribution in [0.2, 0.25) is 0 Å². The molecule has 0 N–H and O–H groups in total. The summed E-state index contributed by atoms with van der Waals surface area (Å²) in [5.74, 6) is 0.752. The minimum absolute atomic E-state index is 0.412. The number of rotatable bonds is 1. The fraction of sp³-hybridized carbons (Fsp3) is 0.900. The van der Waals surface area contributed by atoms with Crippen molar-refractivity contribution >= 4 is 5.71 Å². The van der Waals surface area contributed by atoms with Crippen LogP contribution in [-0.4, -0.2) is 12.8 Å².